The summed E-state index contributed by atoms with van der Waals surface area (Å²) < 4.78 is 25.9. The summed E-state index contributed by atoms with van der Waals surface area (Å²) in [5.74, 6) is 0. The van der Waals surface area contributed by atoms with Crippen LogP contribution in [0.5, 0.6) is 0 Å². The fourth-order valence-electron chi connectivity index (χ4n) is 1.02. The molecule has 1 atom stereocenters. The molecule has 1 aromatic rings. The lowest BCUT2D eigenvalue weighted by atomic mass is 10.4. The molecule has 1 unspecified atom stereocenters. The molecule has 0 aromatic heterocycles. The fraction of sp³-hybridized carbons (Fsp3) is 0.333. The first-order valence-electron chi connectivity index (χ1n) is 4.43. The summed E-state index contributed by atoms with van der Waals surface area (Å²) in [7, 11) is -3.51. The van der Waals surface area contributed by atoms with Gasteiger partial charge < -0.3 is 5.73 Å². The Hall–Kier alpha value is -0.620. The highest BCUT2D eigenvalue weighted by Gasteiger charge is 2.16. The zero-order valence-electron chi connectivity index (χ0n) is 8.27. The first-order valence-corrected chi connectivity index (χ1v) is 6.30. The molecular weight excluding hydrogens is 236 g/mol. The lowest BCUT2D eigenvalue weighted by Gasteiger charge is -2.11. The van der Waals surface area contributed by atoms with Gasteiger partial charge in [-0.3, -0.25) is 0 Å². The van der Waals surface area contributed by atoms with E-state index in [4.69, 9.17) is 17.3 Å². The van der Waals surface area contributed by atoms with Crippen LogP contribution in [0, 0.1) is 0 Å². The number of rotatable bonds is 4. The molecule has 0 saturated heterocycles. The summed E-state index contributed by atoms with van der Waals surface area (Å²) in [6.45, 7) is 1.95. The zero-order chi connectivity index (χ0) is 11.5. The maximum atomic E-state index is 11.7. The van der Waals surface area contributed by atoms with Gasteiger partial charge in [0.25, 0.3) is 0 Å². The Balaban J connectivity index is 2.96. The molecule has 84 valence electrons. The van der Waals surface area contributed by atoms with Crippen LogP contribution in [-0.2, 0) is 10.0 Å². The number of halogens is 1. The van der Waals surface area contributed by atoms with E-state index in [0.717, 1.165) is 0 Å². The van der Waals surface area contributed by atoms with Crippen molar-refractivity contribution in [1.82, 2.24) is 4.72 Å². The van der Waals surface area contributed by atoms with Crippen LogP contribution >= 0.6 is 11.6 Å². The van der Waals surface area contributed by atoms with E-state index in [1.807, 2.05) is 0 Å². The van der Waals surface area contributed by atoms with Crippen molar-refractivity contribution in [1.29, 1.82) is 0 Å². The SMILES string of the molecule is CC(CN)NS(=O)(=O)c1cccc(Cl)c1. The van der Waals surface area contributed by atoms with Gasteiger partial charge in [-0.05, 0) is 25.1 Å². The van der Waals surface area contributed by atoms with Gasteiger partial charge in [-0.25, -0.2) is 13.1 Å². The maximum Gasteiger partial charge on any atom is 0.240 e. The topological polar surface area (TPSA) is 72.2 Å². The number of nitrogens with two attached hydrogens (primary N) is 1. The van der Waals surface area contributed by atoms with Crippen LogP contribution in [0.4, 0.5) is 0 Å². The van der Waals surface area contributed by atoms with Crippen molar-refractivity contribution in [2.75, 3.05) is 6.54 Å². The largest absolute Gasteiger partial charge is 0.329 e. The van der Waals surface area contributed by atoms with E-state index >= 15 is 0 Å². The van der Waals surface area contributed by atoms with Gasteiger partial charge in [0.2, 0.25) is 10.0 Å². The maximum absolute atomic E-state index is 11.7. The summed E-state index contributed by atoms with van der Waals surface area (Å²) in [6.07, 6.45) is 0. The molecule has 0 amide bonds. The summed E-state index contributed by atoms with van der Waals surface area (Å²) in [4.78, 5) is 0.148. The van der Waals surface area contributed by atoms with Crippen molar-refractivity contribution < 1.29 is 8.42 Å². The Morgan fingerprint density at radius 1 is 1.53 bits per heavy atom. The van der Waals surface area contributed by atoms with Crippen LogP contribution < -0.4 is 10.5 Å². The van der Waals surface area contributed by atoms with Gasteiger partial charge in [0, 0.05) is 17.6 Å². The molecule has 0 aliphatic carbocycles. The molecule has 6 heteroatoms. The molecule has 0 radical (unpaired) electrons. The zero-order valence-corrected chi connectivity index (χ0v) is 9.85. The predicted molar refractivity (Wildman–Crippen MR) is 60.3 cm³/mol. The number of benzene rings is 1. The normalized spacial score (nSPS) is 13.8. The fourth-order valence-corrected chi connectivity index (χ4v) is 2.57. The van der Waals surface area contributed by atoms with Crippen molar-refractivity contribution in [3.8, 4) is 0 Å². The second-order valence-electron chi connectivity index (χ2n) is 3.22. The summed E-state index contributed by atoms with van der Waals surface area (Å²) in [6, 6.07) is 5.79. The number of hydrogen-bond donors (Lipinski definition) is 2. The van der Waals surface area contributed by atoms with Gasteiger partial charge >= 0.3 is 0 Å². The Morgan fingerprint density at radius 2 is 2.20 bits per heavy atom. The molecule has 0 fully saturated rings. The first kappa shape index (κ1) is 12.4. The third-order valence-electron chi connectivity index (χ3n) is 1.82. The van der Waals surface area contributed by atoms with Gasteiger partial charge in [0.1, 0.15) is 0 Å². The average molecular weight is 249 g/mol. The molecule has 0 saturated carbocycles. The molecule has 3 N–H and O–H groups in total. The van der Waals surface area contributed by atoms with E-state index in [9.17, 15) is 8.42 Å². The monoisotopic (exact) mass is 248 g/mol. The predicted octanol–water partition coefficient (Wildman–Crippen LogP) is 0.966. The molecule has 0 aliphatic heterocycles. The van der Waals surface area contributed by atoms with Crippen LogP contribution in [0.2, 0.25) is 5.02 Å². The van der Waals surface area contributed by atoms with Crippen molar-refractivity contribution >= 4 is 21.6 Å². The van der Waals surface area contributed by atoms with Crippen molar-refractivity contribution in [3.05, 3.63) is 29.3 Å². The Labute approximate surface area is 94.5 Å². The Morgan fingerprint density at radius 3 is 2.73 bits per heavy atom. The molecule has 0 aliphatic rings. The van der Waals surface area contributed by atoms with Gasteiger partial charge in [-0.15, -0.1) is 0 Å². The van der Waals surface area contributed by atoms with E-state index in [1.54, 1.807) is 19.1 Å². The highest BCUT2D eigenvalue weighted by molar-refractivity contribution is 7.89. The average Bonchev–Trinajstić information content (AvgIpc) is 2.17. The van der Waals surface area contributed by atoms with Crippen LogP contribution in [-0.4, -0.2) is 21.0 Å². The van der Waals surface area contributed by atoms with Crippen LogP contribution in [0.1, 0.15) is 6.92 Å². The van der Waals surface area contributed by atoms with Gasteiger partial charge in [0.15, 0.2) is 0 Å². The molecule has 4 nitrogen and oxygen atoms in total. The Kier molecular flexibility index (Phi) is 4.10. The second-order valence-corrected chi connectivity index (χ2v) is 5.37. The number of sulfonamides is 1. The van der Waals surface area contributed by atoms with Gasteiger partial charge in [-0.2, -0.15) is 0 Å². The minimum atomic E-state index is -3.51. The highest BCUT2D eigenvalue weighted by Crippen LogP contribution is 2.15. The quantitative estimate of drug-likeness (QED) is 0.834. The highest BCUT2D eigenvalue weighted by atomic mass is 35.5. The van der Waals surface area contributed by atoms with E-state index < -0.39 is 10.0 Å². The minimum Gasteiger partial charge on any atom is -0.329 e. The third-order valence-corrected chi connectivity index (χ3v) is 3.64. The molecule has 0 bridgehead atoms. The number of hydrogen-bond acceptors (Lipinski definition) is 3. The molecule has 1 aromatic carbocycles. The van der Waals surface area contributed by atoms with Crippen LogP contribution in [0.25, 0.3) is 0 Å². The van der Waals surface area contributed by atoms with E-state index in [0.29, 0.717) is 5.02 Å². The van der Waals surface area contributed by atoms with E-state index in [-0.39, 0.29) is 17.5 Å². The van der Waals surface area contributed by atoms with Crippen LogP contribution in [0.3, 0.4) is 0 Å². The molecule has 15 heavy (non-hydrogen) atoms. The van der Waals surface area contributed by atoms with Crippen molar-refractivity contribution in [2.45, 2.75) is 17.9 Å². The summed E-state index contributed by atoms with van der Waals surface area (Å²) in [5, 5.41) is 0.387. The second kappa shape index (κ2) is 4.94. The van der Waals surface area contributed by atoms with Crippen molar-refractivity contribution in [2.24, 2.45) is 5.73 Å². The van der Waals surface area contributed by atoms with Gasteiger partial charge in [-0.1, -0.05) is 17.7 Å². The molecule has 0 spiro atoms. The smallest absolute Gasteiger partial charge is 0.240 e. The van der Waals surface area contributed by atoms with E-state index in [2.05, 4.69) is 4.72 Å². The molecule has 0 heterocycles. The molecular formula is C9H13ClN2O2S. The van der Waals surface area contributed by atoms with Crippen molar-refractivity contribution in [3.63, 3.8) is 0 Å². The Bertz CT molecular complexity index is 433. The number of nitrogens with one attached hydrogen (secondary N) is 1. The van der Waals surface area contributed by atoms with E-state index in [1.165, 1.54) is 12.1 Å². The first-order chi connectivity index (χ1) is 6.95. The molecule has 1 rings (SSSR count). The summed E-state index contributed by atoms with van der Waals surface area (Å²) >= 11 is 5.70. The lowest BCUT2D eigenvalue weighted by molar-refractivity contribution is 0.562. The van der Waals surface area contributed by atoms with Gasteiger partial charge in [0.05, 0.1) is 4.90 Å². The third kappa shape index (κ3) is 3.46. The van der Waals surface area contributed by atoms with Crippen LogP contribution in [0.15, 0.2) is 29.2 Å². The standard InChI is InChI=1S/C9H13ClN2O2S/c1-7(6-11)12-15(13,14)9-4-2-3-8(10)5-9/h2-5,7,12H,6,11H2,1H3. The lowest BCUT2D eigenvalue weighted by Crippen LogP contribution is -2.37. The minimum absolute atomic E-state index is 0.148. The summed E-state index contributed by atoms with van der Waals surface area (Å²) in [5.41, 5.74) is 5.33.